The number of para-hydroxylation sites is 1. The molecule has 0 bridgehead atoms. The summed E-state index contributed by atoms with van der Waals surface area (Å²) in [5.41, 5.74) is 7.98. The molecular formula is C17H23N3O. The van der Waals surface area contributed by atoms with Crippen LogP contribution >= 0.6 is 0 Å². The molecule has 1 aromatic carbocycles. The van der Waals surface area contributed by atoms with E-state index in [4.69, 9.17) is 10.5 Å². The predicted octanol–water partition coefficient (Wildman–Crippen LogP) is 4.10. The van der Waals surface area contributed by atoms with E-state index in [1.165, 1.54) is 6.33 Å². The largest absolute Gasteiger partial charge is 0.438 e. The molecule has 0 aliphatic rings. The summed E-state index contributed by atoms with van der Waals surface area (Å²) in [6.07, 6.45) is 3.22. The van der Waals surface area contributed by atoms with Gasteiger partial charge in [0.15, 0.2) is 0 Å². The maximum absolute atomic E-state index is 6.07. The first-order chi connectivity index (χ1) is 9.93. The van der Waals surface area contributed by atoms with E-state index in [-0.39, 0.29) is 5.41 Å². The van der Waals surface area contributed by atoms with Gasteiger partial charge >= 0.3 is 0 Å². The van der Waals surface area contributed by atoms with Gasteiger partial charge in [-0.1, -0.05) is 52.3 Å². The quantitative estimate of drug-likeness (QED) is 0.918. The molecule has 0 fully saturated rings. The van der Waals surface area contributed by atoms with E-state index in [1.54, 1.807) is 0 Å². The first-order valence-electron chi connectivity index (χ1n) is 7.30. The Labute approximate surface area is 126 Å². The summed E-state index contributed by atoms with van der Waals surface area (Å²) < 4.78 is 6.07. The smallest absolute Gasteiger partial charge is 0.227 e. The molecule has 112 valence electrons. The van der Waals surface area contributed by atoms with Gasteiger partial charge < -0.3 is 10.5 Å². The fourth-order valence-electron chi connectivity index (χ4n) is 2.26. The topological polar surface area (TPSA) is 61.0 Å². The zero-order valence-corrected chi connectivity index (χ0v) is 13.2. The van der Waals surface area contributed by atoms with Crippen LogP contribution in [-0.2, 0) is 11.8 Å². The van der Waals surface area contributed by atoms with E-state index >= 15 is 0 Å². The van der Waals surface area contributed by atoms with Crippen LogP contribution in [0.3, 0.4) is 0 Å². The summed E-state index contributed by atoms with van der Waals surface area (Å²) in [4.78, 5) is 8.32. The molecular weight excluding hydrogens is 262 g/mol. The number of nitrogens with zero attached hydrogens (tertiary/aromatic N) is 2. The number of ether oxygens (including phenoxy) is 1. The van der Waals surface area contributed by atoms with Crippen molar-refractivity contribution in [2.75, 3.05) is 5.73 Å². The normalized spacial score (nSPS) is 11.4. The third kappa shape index (κ3) is 3.51. The molecule has 1 aromatic heterocycles. The van der Waals surface area contributed by atoms with Gasteiger partial charge in [0, 0.05) is 5.56 Å². The number of hydrogen-bond donors (Lipinski definition) is 1. The van der Waals surface area contributed by atoms with Gasteiger partial charge in [0.2, 0.25) is 5.88 Å². The molecule has 0 unspecified atom stereocenters. The van der Waals surface area contributed by atoms with Crippen LogP contribution < -0.4 is 10.5 Å². The van der Waals surface area contributed by atoms with Gasteiger partial charge in [-0.15, -0.1) is 0 Å². The lowest BCUT2D eigenvalue weighted by Gasteiger charge is -2.22. The van der Waals surface area contributed by atoms with Crippen LogP contribution in [0.1, 0.15) is 45.2 Å². The summed E-state index contributed by atoms with van der Waals surface area (Å²) in [5, 5.41) is 0. The molecule has 0 atom stereocenters. The monoisotopic (exact) mass is 285 g/mol. The summed E-state index contributed by atoms with van der Waals surface area (Å²) in [6.45, 7) is 8.59. The minimum absolute atomic E-state index is 0.0000873. The highest BCUT2D eigenvalue weighted by Crippen LogP contribution is 2.35. The lowest BCUT2D eigenvalue weighted by molar-refractivity contribution is 0.433. The zero-order valence-electron chi connectivity index (χ0n) is 13.2. The number of anilines is 1. The minimum atomic E-state index is 0.0000873. The van der Waals surface area contributed by atoms with Crippen molar-refractivity contribution in [1.29, 1.82) is 0 Å². The number of rotatable bonds is 4. The molecule has 21 heavy (non-hydrogen) atoms. The van der Waals surface area contributed by atoms with Crippen molar-refractivity contribution in [3.63, 3.8) is 0 Å². The third-order valence-corrected chi connectivity index (χ3v) is 3.34. The highest BCUT2D eigenvalue weighted by Gasteiger charge is 2.20. The summed E-state index contributed by atoms with van der Waals surface area (Å²) in [7, 11) is 0. The number of hydrogen-bond acceptors (Lipinski definition) is 4. The van der Waals surface area contributed by atoms with Gasteiger partial charge in [-0.05, 0) is 17.9 Å². The van der Waals surface area contributed by atoms with Crippen molar-refractivity contribution in [3.05, 3.63) is 41.7 Å². The van der Waals surface area contributed by atoms with Crippen molar-refractivity contribution in [1.82, 2.24) is 9.97 Å². The molecule has 0 radical (unpaired) electrons. The van der Waals surface area contributed by atoms with E-state index in [2.05, 4.69) is 43.7 Å². The van der Waals surface area contributed by atoms with Gasteiger partial charge in [-0.3, -0.25) is 0 Å². The summed E-state index contributed by atoms with van der Waals surface area (Å²) in [6, 6.07) is 8.04. The Bertz CT molecular complexity index is 618. The molecule has 0 saturated heterocycles. The standard InChI is InChI=1S/C17H23N3O/c1-5-8-12-15(18)19-11-20-16(12)21-14-10-7-6-9-13(14)17(2,3)4/h6-7,9-11H,5,8H2,1-4H3,(H2,18,19,20). The average Bonchev–Trinajstić information content (AvgIpc) is 2.42. The van der Waals surface area contributed by atoms with E-state index < -0.39 is 0 Å². The average molecular weight is 285 g/mol. The van der Waals surface area contributed by atoms with Crippen LogP contribution in [0.2, 0.25) is 0 Å². The van der Waals surface area contributed by atoms with E-state index in [9.17, 15) is 0 Å². The summed E-state index contributed by atoms with van der Waals surface area (Å²) >= 11 is 0. The number of aromatic nitrogens is 2. The second kappa shape index (κ2) is 6.12. The molecule has 0 amide bonds. The highest BCUT2D eigenvalue weighted by molar-refractivity contribution is 5.48. The van der Waals surface area contributed by atoms with Gasteiger partial charge in [0.1, 0.15) is 17.9 Å². The van der Waals surface area contributed by atoms with Crippen molar-refractivity contribution in [2.24, 2.45) is 0 Å². The van der Waals surface area contributed by atoms with Gasteiger partial charge in [-0.25, -0.2) is 9.97 Å². The van der Waals surface area contributed by atoms with Crippen LogP contribution in [0.15, 0.2) is 30.6 Å². The Kier molecular flexibility index (Phi) is 4.46. The van der Waals surface area contributed by atoms with Crippen LogP contribution in [0.4, 0.5) is 5.82 Å². The molecule has 0 spiro atoms. The number of nitrogen functional groups attached to an aromatic ring is 1. The Morgan fingerprint density at radius 2 is 1.86 bits per heavy atom. The maximum Gasteiger partial charge on any atom is 0.227 e. The molecule has 1 heterocycles. The van der Waals surface area contributed by atoms with Crippen LogP contribution in [0.5, 0.6) is 11.6 Å². The van der Waals surface area contributed by atoms with Crippen LogP contribution in [0, 0.1) is 0 Å². The first kappa shape index (κ1) is 15.3. The Balaban J connectivity index is 2.42. The first-order valence-corrected chi connectivity index (χ1v) is 7.30. The van der Waals surface area contributed by atoms with E-state index in [0.717, 1.165) is 29.7 Å². The van der Waals surface area contributed by atoms with E-state index in [0.29, 0.717) is 11.7 Å². The second-order valence-electron chi connectivity index (χ2n) is 6.14. The molecule has 2 N–H and O–H groups in total. The van der Waals surface area contributed by atoms with Gasteiger partial charge in [0.25, 0.3) is 0 Å². The molecule has 2 aromatic rings. The fraction of sp³-hybridized carbons (Fsp3) is 0.412. The Morgan fingerprint density at radius 3 is 2.52 bits per heavy atom. The predicted molar refractivity (Wildman–Crippen MR) is 85.7 cm³/mol. The molecule has 0 aliphatic carbocycles. The van der Waals surface area contributed by atoms with Crippen LogP contribution in [-0.4, -0.2) is 9.97 Å². The van der Waals surface area contributed by atoms with Gasteiger partial charge in [0.05, 0.1) is 5.56 Å². The second-order valence-corrected chi connectivity index (χ2v) is 6.14. The van der Waals surface area contributed by atoms with E-state index in [1.807, 2.05) is 18.2 Å². The maximum atomic E-state index is 6.07. The molecule has 0 aliphatic heterocycles. The molecule has 0 saturated carbocycles. The lowest BCUT2D eigenvalue weighted by atomic mass is 9.86. The van der Waals surface area contributed by atoms with Crippen molar-refractivity contribution in [2.45, 2.75) is 46.0 Å². The lowest BCUT2D eigenvalue weighted by Crippen LogP contribution is -2.13. The number of nitrogens with two attached hydrogens (primary N) is 1. The summed E-state index contributed by atoms with van der Waals surface area (Å²) in [5.74, 6) is 1.87. The van der Waals surface area contributed by atoms with Gasteiger partial charge in [-0.2, -0.15) is 0 Å². The zero-order chi connectivity index (χ0) is 15.5. The minimum Gasteiger partial charge on any atom is -0.438 e. The molecule has 2 rings (SSSR count). The molecule has 4 heteroatoms. The third-order valence-electron chi connectivity index (χ3n) is 3.34. The SMILES string of the molecule is CCCc1c(N)ncnc1Oc1ccccc1C(C)(C)C. The Hall–Kier alpha value is -2.10. The van der Waals surface area contributed by atoms with Crippen molar-refractivity contribution >= 4 is 5.82 Å². The van der Waals surface area contributed by atoms with Crippen LogP contribution in [0.25, 0.3) is 0 Å². The fourth-order valence-corrected chi connectivity index (χ4v) is 2.26. The highest BCUT2D eigenvalue weighted by atomic mass is 16.5. The Morgan fingerprint density at radius 1 is 1.14 bits per heavy atom. The molecule has 4 nitrogen and oxygen atoms in total. The number of benzene rings is 1. The van der Waals surface area contributed by atoms with Crippen molar-refractivity contribution in [3.8, 4) is 11.6 Å². The van der Waals surface area contributed by atoms with Crippen molar-refractivity contribution < 1.29 is 4.74 Å².